The molecule has 1 aromatic heterocycles. The number of amides is 1. The maximum absolute atomic E-state index is 13.5. The Morgan fingerprint density at radius 3 is 2.42 bits per heavy atom. The molecule has 36 heavy (non-hydrogen) atoms. The van der Waals surface area contributed by atoms with Crippen LogP contribution < -0.4 is 4.74 Å². The Morgan fingerprint density at radius 1 is 1.06 bits per heavy atom. The fourth-order valence-electron chi connectivity index (χ4n) is 4.08. The second kappa shape index (κ2) is 10.4. The lowest BCUT2D eigenvalue weighted by Gasteiger charge is -2.23. The Balaban J connectivity index is 1.56. The standard InChI is InChI=1S/C28H22BrN3O2S2/c1-18(19-9-5-3-6-10-19)32-27(33)25(36-28(32)35)16-21-17-31(22-11-7-4-8-12-22)30-26(21)20-13-14-24(34-2)23(29)15-20/h3-18H,1-2H3/b25-16-. The smallest absolute Gasteiger partial charge is 0.266 e. The number of hydrogen-bond acceptors (Lipinski definition) is 5. The molecule has 3 aromatic carbocycles. The molecule has 2 heterocycles. The van der Waals surface area contributed by atoms with Crippen molar-refractivity contribution in [1.82, 2.24) is 14.7 Å². The van der Waals surface area contributed by atoms with Gasteiger partial charge in [-0.2, -0.15) is 5.10 Å². The first-order chi connectivity index (χ1) is 17.5. The van der Waals surface area contributed by atoms with Gasteiger partial charge in [-0.15, -0.1) is 0 Å². The molecular weight excluding hydrogens is 554 g/mol. The highest BCUT2D eigenvalue weighted by molar-refractivity contribution is 9.10. The lowest BCUT2D eigenvalue weighted by Crippen LogP contribution is -2.30. The van der Waals surface area contributed by atoms with Crippen LogP contribution in [0.3, 0.4) is 0 Å². The lowest BCUT2D eigenvalue weighted by molar-refractivity contribution is -0.123. The van der Waals surface area contributed by atoms with E-state index in [1.165, 1.54) is 11.8 Å². The Kier molecular flexibility index (Phi) is 7.09. The molecule has 1 aliphatic heterocycles. The highest BCUT2D eigenvalue weighted by atomic mass is 79.9. The summed E-state index contributed by atoms with van der Waals surface area (Å²) in [6.45, 7) is 2.00. The van der Waals surface area contributed by atoms with Gasteiger partial charge in [-0.3, -0.25) is 9.69 Å². The molecule has 0 aliphatic carbocycles. The zero-order valence-corrected chi connectivity index (χ0v) is 22.8. The third kappa shape index (κ3) is 4.76. The molecular formula is C28H22BrN3O2S2. The Labute approximate surface area is 227 Å². The van der Waals surface area contributed by atoms with Crippen molar-refractivity contribution in [3.63, 3.8) is 0 Å². The van der Waals surface area contributed by atoms with Gasteiger partial charge in [-0.1, -0.05) is 72.5 Å². The normalized spacial score (nSPS) is 15.5. The summed E-state index contributed by atoms with van der Waals surface area (Å²) < 4.78 is 8.59. The van der Waals surface area contributed by atoms with Crippen molar-refractivity contribution in [3.8, 4) is 22.7 Å². The second-order valence-electron chi connectivity index (χ2n) is 8.20. The van der Waals surface area contributed by atoms with E-state index in [9.17, 15) is 4.79 Å². The second-order valence-corrected chi connectivity index (χ2v) is 10.7. The van der Waals surface area contributed by atoms with Gasteiger partial charge in [-0.05, 0) is 64.8 Å². The maximum Gasteiger partial charge on any atom is 0.266 e. The lowest BCUT2D eigenvalue weighted by atomic mass is 10.1. The zero-order chi connectivity index (χ0) is 25.2. The third-order valence-electron chi connectivity index (χ3n) is 5.97. The van der Waals surface area contributed by atoms with E-state index in [0.717, 1.165) is 38.3 Å². The van der Waals surface area contributed by atoms with E-state index in [2.05, 4.69) is 15.9 Å². The molecule has 1 atom stereocenters. The molecule has 180 valence electrons. The van der Waals surface area contributed by atoms with Crippen LogP contribution in [0.15, 0.2) is 94.4 Å². The van der Waals surface area contributed by atoms with Crippen molar-refractivity contribution in [2.45, 2.75) is 13.0 Å². The van der Waals surface area contributed by atoms with Crippen LogP contribution in [0.2, 0.25) is 0 Å². The summed E-state index contributed by atoms with van der Waals surface area (Å²) in [6, 6.07) is 25.5. The number of benzene rings is 3. The van der Waals surface area contributed by atoms with Crippen molar-refractivity contribution in [3.05, 3.63) is 106 Å². The molecule has 5 rings (SSSR count). The summed E-state index contributed by atoms with van der Waals surface area (Å²) in [5.74, 6) is 0.634. The fourth-order valence-corrected chi connectivity index (χ4v) is 6.03. The number of nitrogens with zero attached hydrogens (tertiary/aromatic N) is 3. The van der Waals surface area contributed by atoms with Crippen LogP contribution >= 0.6 is 39.9 Å². The topological polar surface area (TPSA) is 47.4 Å². The number of halogens is 1. The number of rotatable bonds is 6. The van der Waals surface area contributed by atoms with Crippen molar-refractivity contribution in [2.24, 2.45) is 0 Å². The minimum Gasteiger partial charge on any atom is -0.496 e. The predicted octanol–water partition coefficient (Wildman–Crippen LogP) is 7.27. The van der Waals surface area contributed by atoms with Gasteiger partial charge in [-0.25, -0.2) is 4.68 Å². The maximum atomic E-state index is 13.5. The van der Waals surface area contributed by atoms with E-state index in [1.54, 1.807) is 12.0 Å². The molecule has 0 saturated carbocycles. The van der Waals surface area contributed by atoms with Crippen molar-refractivity contribution >= 4 is 56.2 Å². The first kappa shape index (κ1) is 24.5. The van der Waals surface area contributed by atoms with Gasteiger partial charge >= 0.3 is 0 Å². The quantitative estimate of drug-likeness (QED) is 0.179. The highest BCUT2D eigenvalue weighted by Gasteiger charge is 2.36. The number of carbonyl (C=O) groups excluding carboxylic acids is 1. The van der Waals surface area contributed by atoms with E-state index in [4.69, 9.17) is 22.1 Å². The van der Waals surface area contributed by atoms with Crippen molar-refractivity contribution in [2.75, 3.05) is 7.11 Å². The molecule has 5 nitrogen and oxygen atoms in total. The number of thioether (sulfide) groups is 1. The van der Waals surface area contributed by atoms with E-state index >= 15 is 0 Å². The van der Waals surface area contributed by atoms with Gasteiger partial charge in [0, 0.05) is 17.3 Å². The molecule has 0 N–H and O–H groups in total. The first-order valence-electron chi connectivity index (χ1n) is 11.3. The van der Waals surface area contributed by atoms with E-state index < -0.39 is 0 Å². The molecule has 0 radical (unpaired) electrons. The van der Waals surface area contributed by atoms with Crippen LogP contribution in [0.1, 0.15) is 24.1 Å². The SMILES string of the molecule is COc1ccc(-c2nn(-c3ccccc3)cc2/C=C2\SC(=S)N(C(C)c3ccccc3)C2=O)cc1Br. The molecule has 0 bridgehead atoms. The molecule has 1 amide bonds. The highest BCUT2D eigenvalue weighted by Crippen LogP contribution is 2.39. The number of hydrogen-bond donors (Lipinski definition) is 0. The molecule has 1 aliphatic rings. The Bertz CT molecular complexity index is 1470. The van der Waals surface area contributed by atoms with Crippen LogP contribution in [0, 0.1) is 0 Å². The van der Waals surface area contributed by atoms with E-state index in [1.807, 2.05) is 103 Å². The summed E-state index contributed by atoms with van der Waals surface area (Å²) in [6.07, 6.45) is 3.83. The third-order valence-corrected chi connectivity index (χ3v) is 7.92. The molecule has 1 fully saturated rings. The monoisotopic (exact) mass is 575 g/mol. The molecule has 4 aromatic rings. The van der Waals surface area contributed by atoms with Crippen LogP contribution in [-0.4, -0.2) is 32.0 Å². The minimum absolute atomic E-state index is 0.101. The van der Waals surface area contributed by atoms with Gasteiger partial charge in [0.2, 0.25) is 0 Å². The van der Waals surface area contributed by atoms with Crippen molar-refractivity contribution < 1.29 is 9.53 Å². The first-order valence-corrected chi connectivity index (χ1v) is 13.3. The number of ether oxygens (including phenoxy) is 1. The van der Waals surface area contributed by atoms with Gasteiger partial charge < -0.3 is 4.74 Å². The van der Waals surface area contributed by atoms with Crippen LogP contribution in [0.5, 0.6) is 5.75 Å². The summed E-state index contributed by atoms with van der Waals surface area (Å²) in [5, 5.41) is 4.88. The molecule has 1 unspecified atom stereocenters. The van der Waals surface area contributed by atoms with Crippen LogP contribution in [-0.2, 0) is 4.79 Å². The number of methoxy groups -OCH3 is 1. The summed E-state index contributed by atoms with van der Waals surface area (Å²) in [5.41, 5.74) is 4.44. The van der Waals surface area contributed by atoms with Crippen LogP contribution in [0.4, 0.5) is 0 Å². The van der Waals surface area contributed by atoms with Gasteiger partial charge in [0.05, 0.1) is 28.2 Å². The van der Waals surface area contributed by atoms with Crippen molar-refractivity contribution in [1.29, 1.82) is 0 Å². The fraction of sp³-hybridized carbons (Fsp3) is 0.107. The predicted molar refractivity (Wildman–Crippen MR) is 153 cm³/mol. The molecule has 8 heteroatoms. The summed E-state index contributed by atoms with van der Waals surface area (Å²) in [4.78, 5) is 15.8. The van der Waals surface area contributed by atoms with Crippen LogP contribution in [0.25, 0.3) is 23.0 Å². The Morgan fingerprint density at radius 2 is 1.75 bits per heavy atom. The summed E-state index contributed by atoms with van der Waals surface area (Å²) in [7, 11) is 1.63. The Hall–Kier alpha value is -3.20. The number of para-hydroxylation sites is 1. The average Bonchev–Trinajstić information content (AvgIpc) is 3.45. The van der Waals surface area contributed by atoms with E-state index in [-0.39, 0.29) is 11.9 Å². The number of carbonyl (C=O) groups is 1. The van der Waals surface area contributed by atoms with E-state index in [0.29, 0.717) is 9.23 Å². The molecule has 1 saturated heterocycles. The van der Waals surface area contributed by atoms with Gasteiger partial charge in [0.15, 0.2) is 0 Å². The minimum atomic E-state index is -0.159. The number of thiocarbonyl (C=S) groups is 1. The number of aromatic nitrogens is 2. The zero-order valence-electron chi connectivity index (χ0n) is 19.6. The average molecular weight is 577 g/mol. The van der Waals surface area contributed by atoms with Gasteiger partial charge in [0.25, 0.3) is 5.91 Å². The van der Waals surface area contributed by atoms with Gasteiger partial charge in [0.1, 0.15) is 15.8 Å². The molecule has 0 spiro atoms. The largest absolute Gasteiger partial charge is 0.496 e. The summed E-state index contributed by atoms with van der Waals surface area (Å²) >= 11 is 10.5.